The number of likely N-dealkylation sites (tertiary alicyclic amines) is 1. The van der Waals surface area contributed by atoms with E-state index in [0.29, 0.717) is 32.5 Å². The van der Waals surface area contributed by atoms with Crippen LogP contribution in [0.3, 0.4) is 0 Å². The van der Waals surface area contributed by atoms with Crippen LogP contribution in [0.5, 0.6) is 0 Å². The number of carboxylic acid groups (broad SMARTS) is 1. The Hall–Kier alpha value is -1.70. The van der Waals surface area contributed by atoms with Crippen molar-refractivity contribution in [1.29, 1.82) is 0 Å². The second-order valence-corrected chi connectivity index (χ2v) is 7.35. The van der Waals surface area contributed by atoms with Gasteiger partial charge in [0.2, 0.25) is 0 Å². The Labute approximate surface area is 155 Å². The molecule has 7 nitrogen and oxygen atoms in total. The van der Waals surface area contributed by atoms with Crippen molar-refractivity contribution in [2.45, 2.75) is 24.9 Å². The lowest BCUT2D eigenvalue weighted by atomic mass is 9.85. The van der Waals surface area contributed by atoms with E-state index in [9.17, 15) is 9.90 Å². The Morgan fingerprint density at radius 1 is 1.23 bits per heavy atom. The first-order valence-corrected chi connectivity index (χ1v) is 9.52. The zero-order chi connectivity index (χ0) is 18.4. The van der Waals surface area contributed by atoms with Crippen molar-refractivity contribution in [1.82, 2.24) is 19.7 Å². The number of nitrogens with zero attached hydrogens (tertiary/aromatic N) is 4. The Morgan fingerprint density at radius 2 is 1.96 bits per heavy atom. The summed E-state index contributed by atoms with van der Waals surface area (Å²) in [6.07, 6.45) is 5.13. The number of pyridine rings is 1. The number of likely N-dealkylation sites (N-methyl/N-ethyl adjacent to an activating group) is 1. The van der Waals surface area contributed by atoms with Crippen molar-refractivity contribution in [2.75, 3.05) is 59.5 Å². The monoisotopic (exact) mass is 362 g/mol. The van der Waals surface area contributed by atoms with Gasteiger partial charge in [0.15, 0.2) is 0 Å². The molecule has 2 aliphatic rings. The maximum absolute atomic E-state index is 11.2. The molecule has 0 spiro atoms. The molecule has 0 saturated carbocycles. The summed E-state index contributed by atoms with van der Waals surface area (Å²) in [7, 11) is 2.17. The number of piperazine rings is 1. The van der Waals surface area contributed by atoms with Crippen molar-refractivity contribution < 1.29 is 14.6 Å². The Morgan fingerprint density at radius 3 is 2.58 bits per heavy atom. The van der Waals surface area contributed by atoms with E-state index in [1.54, 1.807) is 6.20 Å². The average Bonchev–Trinajstić information content (AvgIpc) is 2.68. The largest absolute Gasteiger partial charge is 0.465 e. The highest BCUT2D eigenvalue weighted by Gasteiger charge is 2.38. The van der Waals surface area contributed by atoms with E-state index in [1.807, 2.05) is 18.3 Å². The third-order valence-corrected chi connectivity index (χ3v) is 5.62. The first-order valence-electron chi connectivity index (χ1n) is 9.52. The van der Waals surface area contributed by atoms with Gasteiger partial charge in [0.1, 0.15) is 0 Å². The molecule has 26 heavy (non-hydrogen) atoms. The first kappa shape index (κ1) is 19.1. The fraction of sp³-hybridized carbons (Fsp3) is 0.684. The highest BCUT2D eigenvalue weighted by atomic mass is 16.5. The fourth-order valence-electron chi connectivity index (χ4n) is 3.83. The molecule has 1 aromatic rings. The van der Waals surface area contributed by atoms with Gasteiger partial charge < -0.3 is 24.5 Å². The van der Waals surface area contributed by atoms with Gasteiger partial charge in [-0.25, -0.2) is 4.79 Å². The molecule has 3 heterocycles. The van der Waals surface area contributed by atoms with Crippen molar-refractivity contribution in [3.63, 3.8) is 0 Å². The van der Waals surface area contributed by atoms with Crippen LogP contribution in [0.1, 0.15) is 24.8 Å². The van der Waals surface area contributed by atoms with Crippen molar-refractivity contribution in [3.05, 3.63) is 30.1 Å². The summed E-state index contributed by atoms with van der Waals surface area (Å²) in [6, 6.07) is 3.97. The van der Waals surface area contributed by atoms with Crippen LogP contribution in [0.25, 0.3) is 0 Å². The van der Waals surface area contributed by atoms with Gasteiger partial charge in [-0.15, -0.1) is 0 Å². The van der Waals surface area contributed by atoms with Crippen molar-refractivity contribution in [3.8, 4) is 0 Å². The standard InChI is InChI=1S/C19H30N4O3/c1-21-11-13-22(14-12-21)8-3-15-26-19(17-4-2-7-20-16-17)5-9-23(10-6-19)18(24)25/h2,4,7,16H,3,5-6,8-15H2,1H3,(H,24,25). The Balaban J connectivity index is 1.54. The van der Waals surface area contributed by atoms with E-state index < -0.39 is 11.7 Å². The zero-order valence-corrected chi connectivity index (χ0v) is 15.6. The van der Waals surface area contributed by atoms with E-state index in [1.165, 1.54) is 4.90 Å². The topological polar surface area (TPSA) is 69.1 Å². The minimum absolute atomic E-state index is 0.414. The van der Waals surface area contributed by atoms with Gasteiger partial charge in [-0.1, -0.05) is 6.07 Å². The summed E-state index contributed by atoms with van der Waals surface area (Å²) < 4.78 is 6.40. The lowest BCUT2D eigenvalue weighted by Crippen LogP contribution is -2.47. The van der Waals surface area contributed by atoms with E-state index >= 15 is 0 Å². The summed E-state index contributed by atoms with van der Waals surface area (Å²) in [6.45, 7) is 7.25. The molecule has 7 heteroatoms. The van der Waals surface area contributed by atoms with Gasteiger partial charge in [-0.2, -0.15) is 0 Å². The number of amides is 1. The summed E-state index contributed by atoms with van der Waals surface area (Å²) in [5, 5.41) is 9.22. The third-order valence-electron chi connectivity index (χ3n) is 5.62. The maximum atomic E-state index is 11.2. The normalized spacial score (nSPS) is 21.7. The molecule has 1 amide bonds. The van der Waals surface area contributed by atoms with Crippen molar-refractivity contribution >= 4 is 6.09 Å². The van der Waals surface area contributed by atoms with Crippen LogP contribution >= 0.6 is 0 Å². The average molecular weight is 362 g/mol. The second kappa shape index (κ2) is 8.79. The molecule has 0 atom stereocenters. The van der Waals surface area contributed by atoms with Crippen LogP contribution in [0.4, 0.5) is 4.79 Å². The van der Waals surface area contributed by atoms with E-state index in [4.69, 9.17) is 4.74 Å². The lowest BCUT2D eigenvalue weighted by molar-refractivity contribution is -0.0887. The molecule has 0 radical (unpaired) electrons. The molecule has 0 aliphatic carbocycles. The number of aromatic nitrogens is 1. The molecule has 2 saturated heterocycles. The molecule has 144 valence electrons. The van der Waals surface area contributed by atoms with E-state index in [-0.39, 0.29) is 0 Å². The maximum Gasteiger partial charge on any atom is 0.407 e. The first-order chi connectivity index (χ1) is 12.6. The van der Waals surface area contributed by atoms with Gasteiger partial charge in [-0.3, -0.25) is 4.98 Å². The minimum Gasteiger partial charge on any atom is -0.465 e. The van der Waals surface area contributed by atoms with Crippen LogP contribution in [0.2, 0.25) is 0 Å². The molecule has 3 rings (SSSR count). The highest BCUT2D eigenvalue weighted by Crippen LogP contribution is 2.36. The number of ether oxygens (including phenoxy) is 1. The molecule has 1 N–H and O–H groups in total. The number of carbonyl (C=O) groups is 1. The summed E-state index contributed by atoms with van der Waals surface area (Å²) >= 11 is 0. The SMILES string of the molecule is CN1CCN(CCCOC2(c3cccnc3)CCN(C(=O)O)CC2)CC1. The van der Waals surface area contributed by atoms with Gasteiger partial charge in [0.05, 0.1) is 5.60 Å². The lowest BCUT2D eigenvalue weighted by Gasteiger charge is -2.41. The predicted molar refractivity (Wildman–Crippen MR) is 99.3 cm³/mol. The molecule has 0 aromatic carbocycles. The fourth-order valence-corrected chi connectivity index (χ4v) is 3.83. The van der Waals surface area contributed by atoms with Gasteiger partial charge in [0.25, 0.3) is 0 Å². The van der Waals surface area contributed by atoms with Crippen molar-refractivity contribution in [2.24, 2.45) is 0 Å². The van der Waals surface area contributed by atoms with E-state index in [0.717, 1.165) is 44.7 Å². The van der Waals surface area contributed by atoms with Crippen LogP contribution in [0.15, 0.2) is 24.5 Å². The number of rotatable bonds is 6. The van der Waals surface area contributed by atoms with Gasteiger partial charge in [-0.05, 0) is 32.4 Å². The Bertz CT molecular complexity index is 567. The van der Waals surface area contributed by atoms with Crippen LogP contribution in [0, 0.1) is 0 Å². The number of hydrogen-bond donors (Lipinski definition) is 1. The quantitative estimate of drug-likeness (QED) is 0.777. The molecule has 1 aromatic heterocycles. The third kappa shape index (κ3) is 4.72. The highest BCUT2D eigenvalue weighted by molar-refractivity contribution is 5.65. The van der Waals surface area contributed by atoms with E-state index in [2.05, 4.69) is 21.8 Å². The molecule has 0 bridgehead atoms. The minimum atomic E-state index is -0.847. The molecule has 0 unspecified atom stereocenters. The molecular formula is C19H30N4O3. The number of piperidine rings is 1. The molecule has 2 aliphatic heterocycles. The zero-order valence-electron chi connectivity index (χ0n) is 15.6. The smallest absolute Gasteiger partial charge is 0.407 e. The van der Waals surface area contributed by atoms with Gasteiger partial charge >= 0.3 is 6.09 Å². The van der Waals surface area contributed by atoms with Crippen LogP contribution < -0.4 is 0 Å². The molecule has 2 fully saturated rings. The predicted octanol–water partition coefficient (Wildman–Crippen LogP) is 1.70. The second-order valence-electron chi connectivity index (χ2n) is 7.35. The van der Waals surface area contributed by atoms with Crippen LogP contribution in [-0.2, 0) is 10.3 Å². The van der Waals surface area contributed by atoms with Gasteiger partial charge in [0, 0.05) is 70.4 Å². The summed E-state index contributed by atoms with van der Waals surface area (Å²) in [5.74, 6) is 0. The summed E-state index contributed by atoms with van der Waals surface area (Å²) in [5.41, 5.74) is 0.645. The van der Waals surface area contributed by atoms with Crippen LogP contribution in [-0.4, -0.2) is 90.4 Å². The molecular weight excluding hydrogens is 332 g/mol. The summed E-state index contributed by atoms with van der Waals surface area (Å²) in [4.78, 5) is 21.8. The Kier molecular flexibility index (Phi) is 6.45. The number of hydrogen-bond acceptors (Lipinski definition) is 5.